The van der Waals surface area contributed by atoms with Gasteiger partial charge in [-0.05, 0) is 6.42 Å². The summed E-state index contributed by atoms with van der Waals surface area (Å²) in [7, 11) is -3.63. The summed E-state index contributed by atoms with van der Waals surface area (Å²) in [4.78, 5) is 0. The van der Waals surface area contributed by atoms with Crippen LogP contribution < -0.4 is 5.14 Å². The number of hydrogen-bond donors (Lipinski definition) is 0. The zero-order valence-corrected chi connectivity index (χ0v) is 6.11. The number of allylic oxidation sites excluding steroid dienone is 1. The lowest BCUT2D eigenvalue weighted by molar-refractivity contribution is 0.604. The molecule has 0 aromatic carbocycles. The molecule has 0 rings (SSSR count). The second kappa shape index (κ2) is 3.63. The summed E-state index contributed by atoms with van der Waals surface area (Å²) in [5.74, 6) is 0. The Morgan fingerprint density at radius 1 is 1.56 bits per heavy atom. The predicted molar refractivity (Wildman–Crippen MR) is 36.1 cm³/mol. The average molecular weight is 148 g/mol. The summed E-state index contributed by atoms with van der Waals surface area (Å²) >= 11 is 0. The van der Waals surface area contributed by atoms with E-state index in [-0.39, 0.29) is 0 Å². The van der Waals surface area contributed by atoms with Gasteiger partial charge in [0.25, 0.3) is 0 Å². The molecule has 0 unspecified atom stereocenters. The van der Waals surface area contributed by atoms with E-state index in [9.17, 15) is 8.42 Å². The van der Waals surface area contributed by atoms with Crippen LogP contribution in [-0.2, 0) is 10.0 Å². The first kappa shape index (κ1) is 8.65. The maximum Gasteiger partial charge on any atom is 0.246 e. The van der Waals surface area contributed by atoms with Crippen molar-refractivity contribution in [3.8, 4) is 0 Å². The average Bonchev–Trinajstić information content (AvgIpc) is 1.63. The molecule has 0 fully saturated rings. The number of hydrogen-bond acceptors (Lipinski definition) is 2. The van der Waals surface area contributed by atoms with Gasteiger partial charge in [0, 0.05) is 5.41 Å². The third-order valence-electron chi connectivity index (χ3n) is 0.731. The van der Waals surface area contributed by atoms with Crippen molar-refractivity contribution in [3.05, 3.63) is 11.5 Å². The van der Waals surface area contributed by atoms with Crippen molar-refractivity contribution < 1.29 is 8.42 Å². The lowest BCUT2D eigenvalue weighted by atomic mass is 10.3. The summed E-state index contributed by atoms with van der Waals surface area (Å²) in [6.07, 6.45) is 3.12. The van der Waals surface area contributed by atoms with Gasteiger partial charge in [0.05, 0.1) is 0 Å². The summed E-state index contributed by atoms with van der Waals surface area (Å²) in [5, 5.41) is 7.31. The standard InChI is InChI=1S/C5H10NO2S/c1-2-3-4-5-9(6,7)8/h4-6H,2-3H2,1H3/b5-4+. The molecule has 0 aromatic rings. The fourth-order valence-corrected chi connectivity index (χ4v) is 0.751. The van der Waals surface area contributed by atoms with Crippen LogP contribution in [0.4, 0.5) is 0 Å². The van der Waals surface area contributed by atoms with Crippen LogP contribution in [0.25, 0.3) is 0 Å². The van der Waals surface area contributed by atoms with Gasteiger partial charge in [0.1, 0.15) is 0 Å². The maximum absolute atomic E-state index is 10.1. The second-order valence-corrected chi connectivity index (χ2v) is 3.07. The van der Waals surface area contributed by atoms with Gasteiger partial charge in [0.2, 0.25) is 10.0 Å². The second-order valence-electron chi connectivity index (χ2n) is 1.71. The van der Waals surface area contributed by atoms with Crippen molar-refractivity contribution in [2.45, 2.75) is 19.8 Å². The highest BCUT2D eigenvalue weighted by Gasteiger charge is 1.91. The predicted octanol–water partition coefficient (Wildman–Crippen LogP) is 0.913. The van der Waals surface area contributed by atoms with E-state index in [0.29, 0.717) is 0 Å². The summed E-state index contributed by atoms with van der Waals surface area (Å²) in [6, 6.07) is 0. The van der Waals surface area contributed by atoms with E-state index in [1.165, 1.54) is 6.08 Å². The van der Waals surface area contributed by atoms with E-state index in [2.05, 4.69) is 0 Å². The smallest absolute Gasteiger partial charge is 0.206 e. The number of rotatable bonds is 3. The summed E-state index contributed by atoms with van der Waals surface area (Å²) in [6.45, 7) is 1.95. The Labute approximate surface area is 55.6 Å². The topological polar surface area (TPSA) is 57.9 Å². The molecule has 0 saturated heterocycles. The van der Waals surface area contributed by atoms with Crippen LogP contribution in [0, 0.1) is 0 Å². The Kier molecular flexibility index (Phi) is 3.49. The molecule has 0 bridgehead atoms. The van der Waals surface area contributed by atoms with E-state index >= 15 is 0 Å². The molecule has 0 saturated carbocycles. The van der Waals surface area contributed by atoms with E-state index in [4.69, 9.17) is 5.14 Å². The minimum atomic E-state index is -3.63. The SMILES string of the molecule is CCC/C=C/S([NH])(=O)=O. The quantitative estimate of drug-likeness (QED) is 0.597. The van der Waals surface area contributed by atoms with Crippen LogP contribution in [0.1, 0.15) is 19.8 Å². The maximum atomic E-state index is 10.1. The summed E-state index contributed by atoms with van der Waals surface area (Å²) < 4.78 is 20.2. The third kappa shape index (κ3) is 7.65. The molecule has 0 atom stereocenters. The molecule has 0 aliphatic rings. The zero-order chi connectivity index (χ0) is 7.33. The Balaban J connectivity index is 3.73. The minimum absolute atomic E-state index is 0.720. The summed E-state index contributed by atoms with van der Waals surface area (Å²) in [5.41, 5.74) is 0. The van der Waals surface area contributed by atoms with E-state index < -0.39 is 10.0 Å². The van der Waals surface area contributed by atoms with Crippen molar-refractivity contribution in [1.29, 1.82) is 0 Å². The van der Waals surface area contributed by atoms with Gasteiger partial charge in [-0.3, -0.25) is 0 Å². The van der Waals surface area contributed by atoms with Gasteiger partial charge >= 0.3 is 0 Å². The molecule has 0 amide bonds. The molecule has 9 heavy (non-hydrogen) atoms. The van der Waals surface area contributed by atoms with Gasteiger partial charge < -0.3 is 0 Å². The van der Waals surface area contributed by atoms with Crippen LogP contribution in [0.3, 0.4) is 0 Å². The van der Waals surface area contributed by atoms with Crippen LogP contribution in [0.15, 0.2) is 11.5 Å². The van der Waals surface area contributed by atoms with Crippen molar-refractivity contribution in [2.24, 2.45) is 0 Å². The molecular formula is C5H10NO2S. The van der Waals surface area contributed by atoms with Crippen molar-refractivity contribution in [1.82, 2.24) is 5.14 Å². The first-order valence-electron chi connectivity index (χ1n) is 2.72. The normalized spacial score (nSPS) is 12.7. The Morgan fingerprint density at radius 2 is 2.11 bits per heavy atom. The first-order valence-corrected chi connectivity index (χ1v) is 4.27. The molecule has 0 spiro atoms. The molecule has 1 N–H and O–H groups in total. The number of nitrogens with one attached hydrogen (secondary N) is 1. The molecule has 1 radical (unpaired) electrons. The molecule has 4 heteroatoms. The molecule has 0 heterocycles. The van der Waals surface area contributed by atoms with Crippen molar-refractivity contribution in [2.75, 3.05) is 0 Å². The molecule has 0 aromatic heterocycles. The minimum Gasteiger partial charge on any atom is -0.206 e. The highest BCUT2D eigenvalue weighted by Crippen LogP contribution is 1.90. The molecule has 3 nitrogen and oxygen atoms in total. The van der Waals surface area contributed by atoms with Crippen LogP contribution >= 0.6 is 0 Å². The highest BCUT2D eigenvalue weighted by atomic mass is 32.2. The monoisotopic (exact) mass is 148 g/mol. The number of sulfonamides is 1. The molecule has 53 valence electrons. The van der Waals surface area contributed by atoms with Crippen LogP contribution in [0.5, 0.6) is 0 Å². The fraction of sp³-hybridized carbons (Fsp3) is 0.600. The third-order valence-corrected chi connectivity index (χ3v) is 1.28. The van der Waals surface area contributed by atoms with Gasteiger partial charge in [-0.15, -0.1) is 5.14 Å². The Bertz CT molecular complexity index is 181. The fourth-order valence-electron chi connectivity index (χ4n) is 0.361. The lowest BCUT2D eigenvalue weighted by Gasteiger charge is -1.82. The van der Waals surface area contributed by atoms with Crippen LogP contribution in [-0.4, -0.2) is 8.42 Å². The lowest BCUT2D eigenvalue weighted by Crippen LogP contribution is -1.92. The van der Waals surface area contributed by atoms with Gasteiger partial charge in [-0.25, -0.2) is 8.42 Å². The first-order chi connectivity index (χ1) is 4.06. The van der Waals surface area contributed by atoms with Crippen molar-refractivity contribution in [3.63, 3.8) is 0 Å². The van der Waals surface area contributed by atoms with E-state index in [0.717, 1.165) is 18.2 Å². The van der Waals surface area contributed by atoms with Gasteiger partial charge in [-0.1, -0.05) is 19.4 Å². The largest absolute Gasteiger partial charge is 0.246 e. The van der Waals surface area contributed by atoms with Gasteiger partial charge in [-0.2, -0.15) is 0 Å². The van der Waals surface area contributed by atoms with Gasteiger partial charge in [0.15, 0.2) is 0 Å². The van der Waals surface area contributed by atoms with E-state index in [1.54, 1.807) is 0 Å². The molecule has 0 aliphatic carbocycles. The Hall–Kier alpha value is -0.350. The zero-order valence-electron chi connectivity index (χ0n) is 5.29. The number of unbranched alkanes of at least 4 members (excludes halogenated alkanes) is 1. The Morgan fingerprint density at radius 3 is 2.44 bits per heavy atom. The molecule has 0 aliphatic heterocycles. The highest BCUT2D eigenvalue weighted by molar-refractivity contribution is 7.91. The van der Waals surface area contributed by atoms with E-state index in [1.807, 2.05) is 6.92 Å². The molecular weight excluding hydrogens is 138 g/mol. The van der Waals surface area contributed by atoms with Crippen LogP contribution in [0.2, 0.25) is 0 Å². The van der Waals surface area contributed by atoms with Crippen molar-refractivity contribution >= 4 is 10.0 Å².